The molecule has 1 saturated heterocycles. The van der Waals surface area contributed by atoms with Gasteiger partial charge in [0, 0.05) is 30.3 Å². The largest absolute Gasteiger partial charge is 0.346 e. The Labute approximate surface area is 105 Å². The van der Waals surface area contributed by atoms with E-state index in [1.165, 1.54) is 24.2 Å². The van der Waals surface area contributed by atoms with Gasteiger partial charge in [-0.25, -0.2) is 0 Å². The van der Waals surface area contributed by atoms with Gasteiger partial charge in [0.15, 0.2) is 0 Å². The molecule has 0 bridgehead atoms. The Kier molecular flexibility index (Phi) is 2.89. The molecular formula is C15H27N2+. The van der Waals surface area contributed by atoms with Crippen LogP contribution in [0.4, 0.5) is 0 Å². The van der Waals surface area contributed by atoms with Crippen molar-refractivity contribution in [1.29, 1.82) is 0 Å². The lowest BCUT2D eigenvalue weighted by atomic mass is 9.79. The highest BCUT2D eigenvalue weighted by Gasteiger charge is 2.42. The molecule has 96 valence electrons. The number of quaternary nitrogens is 1. The molecule has 1 aromatic heterocycles. The molecule has 2 heterocycles. The topological polar surface area (TPSA) is 21.5 Å². The first-order chi connectivity index (χ1) is 7.70. The lowest BCUT2D eigenvalue weighted by molar-refractivity contribution is -0.789. The highest BCUT2D eigenvalue weighted by molar-refractivity contribution is 5.15. The Hall–Kier alpha value is -0.760. The van der Waals surface area contributed by atoms with Gasteiger partial charge in [-0.05, 0) is 53.7 Å². The van der Waals surface area contributed by atoms with Crippen molar-refractivity contribution in [3.05, 3.63) is 23.5 Å². The summed E-state index contributed by atoms with van der Waals surface area (Å²) in [4.78, 5) is 0. The van der Waals surface area contributed by atoms with Crippen molar-refractivity contribution in [3.8, 4) is 0 Å². The number of aryl methyl sites for hydroxylation is 2. The van der Waals surface area contributed by atoms with E-state index < -0.39 is 0 Å². The molecular weight excluding hydrogens is 208 g/mol. The van der Waals surface area contributed by atoms with E-state index >= 15 is 0 Å². The lowest BCUT2D eigenvalue weighted by Crippen LogP contribution is -3.05. The van der Waals surface area contributed by atoms with Gasteiger partial charge in [0.05, 0.1) is 11.1 Å². The van der Waals surface area contributed by atoms with Crippen molar-refractivity contribution in [2.24, 2.45) is 0 Å². The van der Waals surface area contributed by atoms with E-state index in [1.807, 2.05) is 0 Å². The van der Waals surface area contributed by atoms with Crippen LogP contribution >= 0.6 is 0 Å². The van der Waals surface area contributed by atoms with Crippen LogP contribution in [0.1, 0.15) is 58.0 Å². The van der Waals surface area contributed by atoms with Gasteiger partial charge in [-0.1, -0.05) is 0 Å². The van der Waals surface area contributed by atoms with Crippen LogP contribution in [0.3, 0.4) is 0 Å². The molecule has 0 spiro atoms. The quantitative estimate of drug-likeness (QED) is 0.773. The lowest BCUT2D eigenvalue weighted by Gasteiger charge is -2.44. The molecule has 0 aromatic carbocycles. The molecule has 0 amide bonds. The summed E-state index contributed by atoms with van der Waals surface area (Å²) >= 11 is 0. The summed E-state index contributed by atoms with van der Waals surface area (Å²) < 4.78 is 2.54. The van der Waals surface area contributed by atoms with Gasteiger partial charge in [-0.3, -0.25) is 0 Å². The molecule has 0 aliphatic carbocycles. The van der Waals surface area contributed by atoms with Crippen LogP contribution in [0, 0.1) is 13.8 Å². The molecule has 17 heavy (non-hydrogen) atoms. The van der Waals surface area contributed by atoms with Crippen LogP contribution in [0.5, 0.6) is 0 Å². The first-order valence-electron chi connectivity index (χ1n) is 6.72. The molecule has 1 aliphatic rings. The number of piperidine rings is 1. The summed E-state index contributed by atoms with van der Waals surface area (Å²) in [5.41, 5.74) is 3.49. The van der Waals surface area contributed by atoms with E-state index in [0.29, 0.717) is 17.1 Å². The van der Waals surface area contributed by atoms with Crippen molar-refractivity contribution >= 4 is 0 Å². The van der Waals surface area contributed by atoms with Crippen LogP contribution in [0.15, 0.2) is 12.1 Å². The second kappa shape index (κ2) is 3.88. The summed E-state index contributed by atoms with van der Waals surface area (Å²) in [6, 6.07) is 5.14. The number of hydrogen-bond donors (Lipinski definition) is 1. The summed E-state index contributed by atoms with van der Waals surface area (Å²) in [5, 5.41) is 2.55. The van der Waals surface area contributed by atoms with E-state index in [9.17, 15) is 0 Å². The van der Waals surface area contributed by atoms with Crippen molar-refractivity contribution in [2.45, 2.75) is 71.5 Å². The minimum atomic E-state index is 0.343. The Bertz CT molecular complexity index is 377. The van der Waals surface area contributed by atoms with Crippen LogP contribution in [-0.2, 0) is 0 Å². The Morgan fingerprint density at radius 3 is 1.82 bits per heavy atom. The zero-order valence-corrected chi connectivity index (χ0v) is 12.2. The average molecular weight is 235 g/mol. The van der Waals surface area contributed by atoms with Gasteiger partial charge in [-0.2, -0.15) is 0 Å². The third-order valence-electron chi connectivity index (χ3n) is 4.00. The number of hydrogen-bond acceptors (Lipinski definition) is 0. The third-order valence-corrected chi connectivity index (χ3v) is 4.00. The van der Waals surface area contributed by atoms with Crippen LogP contribution < -0.4 is 5.32 Å². The summed E-state index contributed by atoms with van der Waals surface area (Å²) in [7, 11) is 0. The van der Waals surface area contributed by atoms with Crippen molar-refractivity contribution in [3.63, 3.8) is 0 Å². The minimum Gasteiger partial charge on any atom is -0.346 e. The predicted molar refractivity (Wildman–Crippen MR) is 72.3 cm³/mol. The zero-order chi connectivity index (χ0) is 12.8. The van der Waals surface area contributed by atoms with Gasteiger partial charge >= 0.3 is 0 Å². The number of aromatic nitrogens is 1. The van der Waals surface area contributed by atoms with Gasteiger partial charge in [0.1, 0.15) is 0 Å². The maximum absolute atomic E-state index is 2.55. The zero-order valence-electron chi connectivity index (χ0n) is 12.2. The maximum Gasteiger partial charge on any atom is 0.0928 e. The van der Waals surface area contributed by atoms with Gasteiger partial charge in [0.2, 0.25) is 0 Å². The summed E-state index contributed by atoms with van der Waals surface area (Å²) in [5.74, 6) is 0. The van der Waals surface area contributed by atoms with Crippen molar-refractivity contribution in [1.82, 2.24) is 4.57 Å². The van der Waals surface area contributed by atoms with E-state index in [-0.39, 0.29) is 0 Å². The third kappa shape index (κ3) is 2.57. The van der Waals surface area contributed by atoms with Crippen molar-refractivity contribution < 1.29 is 5.32 Å². The van der Waals surface area contributed by atoms with E-state index in [4.69, 9.17) is 0 Å². The molecule has 2 heteroatoms. The summed E-state index contributed by atoms with van der Waals surface area (Å²) in [6.45, 7) is 13.9. The first-order valence-corrected chi connectivity index (χ1v) is 6.72. The Morgan fingerprint density at radius 2 is 1.41 bits per heavy atom. The maximum atomic E-state index is 2.55. The van der Waals surface area contributed by atoms with Gasteiger partial charge < -0.3 is 9.88 Å². The molecule has 2 N–H and O–H groups in total. The minimum absolute atomic E-state index is 0.343. The molecule has 0 unspecified atom stereocenters. The molecule has 0 radical (unpaired) electrons. The SMILES string of the molecule is Cc1ccc(C)n1C1CC(C)(C)[NH2+]C(C)(C)C1. The fourth-order valence-electron chi connectivity index (χ4n) is 3.90. The normalized spacial score (nSPS) is 23.9. The highest BCUT2D eigenvalue weighted by Crippen LogP contribution is 2.33. The molecule has 0 saturated carbocycles. The van der Waals surface area contributed by atoms with E-state index in [1.54, 1.807) is 0 Å². The number of nitrogens with two attached hydrogens (primary N) is 1. The molecule has 1 fully saturated rings. The fraction of sp³-hybridized carbons (Fsp3) is 0.733. The van der Waals surface area contributed by atoms with Gasteiger partial charge in [0.25, 0.3) is 0 Å². The summed E-state index contributed by atoms with van der Waals surface area (Å²) in [6.07, 6.45) is 2.51. The first kappa shape index (κ1) is 12.7. The van der Waals surface area contributed by atoms with Crippen molar-refractivity contribution in [2.75, 3.05) is 0 Å². The fourth-order valence-corrected chi connectivity index (χ4v) is 3.90. The molecule has 2 rings (SSSR count). The van der Waals surface area contributed by atoms with Gasteiger partial charge in [-0.15, -0.1) is 0 Å². The number of nitrogens with zero attached hydrogens (tertiary/aromatic N) is 1. The van der Waals surface area contributed by atoms with E-state index in [0.717, 1.165) is 0 Å². The van der Waals surface area contributed by atoms with Crippen LogP contribution in [0.25, 0.3) is 0 Å². The predicted octanol–water partition coefficient (Wildman–Crippen LogP) is 2.56. The second-order valence-corrected chi connectivity index (χ2v) is 7.17. The Morgan fingerprint density at radius 1 is 1.00 bits per heavy atom. The molecule has 1 aliphatic heterocycles. The molecule has 2 nitrogen and oxygen atoms in total. The average Bonchev–Trinajstić information content (AvgIpc) is 2.40. The smallest absolute Gasteiger partial charge is 0.0928 e. The van der Waals surface area contributed by atoms with Crippen LogP contribution in [-0.4, -0.2) is 15.6 Å². The van der Waals surface area contributed by atoms with Crippen LogP contribution in [0.2, 0.25) is 0 Å². The Balaban J connectivity index is 2.33. The van der Waals surface area contributed by atoms with E-state index in [2.05, 4.69) is 63.6 Å². The number of rotatable bonds is 1. The molecule has 0 atom stereocenters. The molecule has 1 aromatic rings. The monoisotopic (exact) mass is 235 g/mol. The second-order valence-electron chi connectivity index (χ2n) is 7.17. The highest BCUT2D eigenvalue weighted by atomic mass is 15.1. The standard InChI is InChI=1S/C15H26N2/c1-11-7-8-12(2)17(11)13-9-14(3,4)16-15(5,6)10-13/h7-8,13,16H,9-10H2,1-6H3/p+1.